The molecule has 0 radical (unpaired) electrons. The number of likely N-dealkylation sites (N-methyl/N-ethyl adjacent to an activating group) is 1. The van der Waals surface area contributed by atoms with Gasteiger partial charge in [-0.25, -0.2) is 0 Å². The van der Waals surface area contributed by atoms with Gasteiger partial charge in [-0.2, -0.15) is 0 Å². The van der Waals surface area contributed by atoms with E-state index >= 15 is 0 Å². The second-order valence-corrected chi connectivity index (χ2v) is 2.97. The van der Waals surface area contributed by atoms with Crippen LogP contribution in [0.2, 0.25) is 0 Å². The van der Waals surface area contributed by atoms with Crippen LogP contribution in [0.15, 0.2) is 24.3 Å². The van der Waals surface area contributed by atoms with Gasteiger partial charge in [0.2, 0.25) is 0 Å². The second-order valence-electron chi connectivity index (χ2n) is 2.97. The molecule has 1 rings (SSSR count). The van der Waals surface area contributed by atoms with Crippen LogP contribution in [-0.4, -0.2) is 30.4 Å². The molecule has 0 atom stereocenters. The first-order valence-electron chi connectivity index (χ1n) is 4.29. The molecule has 2 N–H and O–H groups in total. The average molecular weight is 181 g/mol. The van der Waals surface area contributed by atoms with E-state index in [1.54, 1.807) is 0 Å². The minimum Gasteiger partial charge on any atom is -0.395 e. The van der Waals surface area contributed by atoms with Crippen molar-refractivity contribution < 1.29 is 10.2 Å². The van der Waals surface area contributed by atoms with Gasteiger partial charge < -0.3 is 15.1 Å². The summed E-state index contributed by atoms with van der Waals surface area (Å²) in [5.74, 6) is 0. The van der Waals surface area contributed by atoms with Crippen molar-refractivity contribution in [3.63, 3.8) is 0 Å². The van der Waals surface area contributed by atoms with E-state index in [2.05, 4.69) is 0 Å². The molecule has 0 heterocycles. The van der Waals surface area contributed by atoms with Crippen LogP contribution in [-0.2, 0) is 6.61 Å². The number of anilines is 1. The van der Waals surface area contributed by atoms with Gasteiger partial charge in [-0.05, 0) is 17.7 Å². The van der Waals surface area contributed by atoms with Crippen LogP contribution in [0.25, 0.3) is 0 Å². The predicted octanol–water partition coefficient (Wildman–Crippen LogP) is 0.607. The molecule has 3 heteroatoms. The average Bonchev–Trinajstić information content (AvgIpc) is 2.18. The van der Waals surface area contributed by atoms with E-state index < -0.39 is 0 Å². The molecule has 0 saturated carbocycles. The largest absolute Gasteiger partial charge is 0.395 e. The van der Waals surface area contributed by atoms with Gasteiger partial charge in [-0.15, -0.1) is 0 Å². The third kappa shape index (κ3) is 2.72. The highest BCUT2D eigenvalue weighted by molar-refractivity contribution is 5.46. The van der Waals surface area contributed by atoms with Crippen molar-refractivity contribution in [1.82, 2.24) is 0 Å². The Morgan fingerprint density at radius 1 is 1.15 bits per heavy atom. The highest BCUT2D eigenvalue weighted by Crippen LogP contribution is 2.13. The molecule has 0 saturated heterocycles. The van der Waals surface area contributed by atoms with Crippen LogP contribution >= 0.6 is 0 Å². The number of hydrogen-bond donors (Lipinski definition) is 2. The fourth-order valence-corrected chi connectivity index (χ4v) is 1.13. The van der Waals surface area contributed by atoms with Crippen molar-refractivity contribution in [2.45, 2.75) is 6.61 Å². The molecule has 0 aliphatic heterocycles. The molecule has 0 aliphatic rings. The van der Waals surface area contributed by atoms with Gasteiger partial charge in [0.1, 0.15) is 0 Å². The molecule has 1 aromatic carbocycles. The first-order chi connectivity index (χ1) is 6.27. The van der Waals surface area contributed by atoms with E-state index in [4.69, 9.17) is 10.2 Å². The van der Waals surface area contributed by atoms with Crippen molar-refractivity contribution in [2.75, 3.05) is 25.1 Å². The zero-order valence-corrected chi connectivity index (χ0v) is 7.77. The summed E-state index contributed by atoms with van der Waals surface area (Å²) in [6, 6.07) is 7.62. The molecule has 0 fully saturated rings. The Kier molecular flexibility index (Phi) is 3.73. The van der Waals surface area contributed by atoms with E-state index in [1.165, 1.54) is 0 Å². The normalized spacial score (nSPS) is 10.1. The Balaban J connectivity index is 2.67. The fourth-order valence-electron chi connectivity index (χ4n) is 1.13. The van der Waals surface area contributed by atoms with E-state index in [1.807, 2.05) is 36.2 Å². The third-order valence-corrected chi connectivity index (χ3v) is 2.00. The molecule has 1 aromatic rings. The van der Waals surface area contributed by atoms with Gasteiger partial charge in [0.15, 0.2) is 0 Å². The van der Waals surface area contributed by atoms with Crippen molar-refractivity contribution in [3.05, 3.63) is 29.8 Å². The summed E-state index contributed by atoms with van der Waals surface area (Å²) in [7, 11) is 1.92. The Hall–Kier alpha value is -1.06. The lowest BCUT2D eigenvalue weighted by molar-refractivity contribution is 0.282. The van der Waals surface area contributed by atoms with Crippen molar-refractivity contribution in [2.24, 2.45) is 0 Å². The molecule has 0 amide bonds. The van der Waals surface area contributed by atoms with Crippen LogP contribution in [0.3, 0.4) is 0 Å². The Morgan fingerprint density at radius 3 is 2.23 bits per heavy atom. The summed E-state index contributed by atoms with van der Waals surface area (Å²) < 4.78 is 0. The summed E-state index contributed by atoms with van der Waals surface area (Å²) in [6.45, 7) is 0.848. The van der Waals surface area contributed by atoms with Gasteiger partial charge in [0.25, 0.3) is 0 Å². The summed E-state index contributed by atoms with van der Waals surface area (Å²) >= 11 is 0. The van der Waals surface area contributed by atoms with Gasteiger partial charge >= 0.3 is 0 Å². The fraction of sp³-hybridized carbons (Fsp3) is 0.400. The number of aliphatic hydroxyl groups excluding tert-OH is 2. The SMILES string of the molecule is CN(CCO)c1ccc(CO)cc1. The monoisotopic (exact) mass is 181 g/mol. The van der Waals surface area contributed by atoms with Crippen LogP contribution in [0.1, 0.15) is 5.56 Å². The quantitative estimate of drug-likeness (QED) is 0.715. The number of hydrogen-bond acceptors (Lipinski definition) is 3. The summed E-state index contributed by atoms with van der Waals surface area (Å²) in [5, 5.41) is 17.5. The van der Waals surface area contributed by atoms with Crippen LogP contribution < -0.4 is 4.90 Å². The molecule has 0 aromatic heterocycles. The number of benzene rings is 1. The van der Waals surface area contributed by atoms with Crippen LogP contribution in [0, 0.1) is 0 Å². The standard InChI is InChI=1S/C10H15NO2/c1-11(6-7-12)10-4-2-9(8-13)3-5-10/h2-5,12-13H,6-8H2,1H3. The highest BCUT2D eigenvalue weighted by atomic mass is 16.3. The molecule has 0 unspecified atom stereocenters. The van der Waals surface area contributed by atoms with Gasteiger partial charge in [-0.1, -0.05) is 12.1 Å². The van der Waals surface area contributed by atoms with Gasteiger partial charge in [0, 0.05) is 19.3 Å². The van der Waals surface area contributed by atoms with Crippen molar-refractivity contribution in [3.8, 4) is 0 Å². The molecule has 72 valence electrons. The van der Waals surface area contributed by atoms with E-state index in [0.29, 0.717) is 6.54 Å². The summed E-state index contributed by atoms with van der Waals surface area (Å²) in [6.07, 6.45) is 0. The minimum atomic E-state index is 0.0734. The molecule has 0 bridgehead atoms. The van der Waals surface area contributed by atoms with Crippen molar-refractivity contribution in [1.29, 1.82) is 0 Å². The lowest BCUT2D eigenvalue weighted by Crippen LogP contribution is -2.20. The summed E-state index contributed by atoms with van der Waals surface area (Å²) in [5.41, 5.74) is 1.95. The maximum Gasteiger partial charge on any atom is 0.0681 e. The lowest BCUT2D eigenvalue weighted by Gasteiger charge is -2.17. The zero-order chi connectivity index (χ0) is 9.68. The predicted molar refractivity (Wildman–Crippen MR) is 52.7 cm³/mol. The molecule has 3 nitrogen and oxygen atoms in total. The molecule has 0 spiro atoms. The molecule has 13 heavy (non-hydrogen) atoms. The number of nitrogens with zero attached hydrogens (tertiary/aromatic N) is 1. The topological polar surface area (TPSA) is 43.7 Å². The maximum absolute atomic E-state index is 8.82. The number of aliphatic hydroxyl groups is 2. The number of rotatable bonds is 4. The van der Waals surface area contributed by atoms with Crippen molar-refractivity contribution >= 4 is 5.69 Å². The second kappa shape index (κ2) is 4.84. The van der Waals surface area contributed by atoms with Gasteiger partial charge in [-0.3, -0.25) is 0 Å². The molecule has 0 aliphatic carbocycles. The highest BCUT2D eigenvalue weighted by Gasteiger charge is 1.98. The third-order valence-electron chi connectivity index (χ3n) is 2.00. The summed E-state index contributed by atoms with van der Waals surface area (Å²) in [4.78, 5) is 1.96. The van der Waals surface area contributed by atoms with Gasteiger partial charge in [0.05, 0.1) is 13.2 Å². The Bertz CT molecular complexity index is 246. The minimum absolute atomic E-state index is 0.0734. The Morgan fingerprint density at radius 2 is 1.77 bits per heavy atom. The van der Waals surface area contributed by atoms with E-state index in [9.17, 15) is 0 Å². The smallest absolute Gasteiger partial charge is 0.0681 e. The first-order valence-corrected chi connectivity index (χ1v) is 4.29. The first kappa shape index (κ1) is 10.0. The maximum atomic E-state index is 8.82. The van der Waals surface area contributed by atoms with E-state index in [0.717, 1.165) is 11.3 Å². The van der Waals surface area contributed by atoms with Crippen LogP contribution in [0.5, 0.6) is 0 Å². The Labute approximate surface area is 78.2 Å². The van der Waals surface area contributed by atoms with E-state index in [-0.39, 0.29) is 13.2 Å². The zero-order valence-electron chi connectivity index (χ0n) is 7.77. The lowest BCUT2D eigenvalue weighted by atomic mass is 10.2. The molecular formula is C10H15NO2. The molecular weight excluding hydrogens is 166 g/mol. The van der Waals surface area contributed by atoms with Crippen LogP contribution in [0.4, 0.5) is 5.69 Å².